The van der Waals surface area contributed by atoms with Crippen LogP contribution in [0.25, 0.3) is 10.8 Å². The summed E-state index contributed by atoms with van der Waals surface area (Å²) in [4.78, 5) is 22.4. The lowest BCUT2D eigenvalue weighted by Gasteiger charge is -2.12. The van der Waals surface area contributed by atoms with Crippen molar-refractivity contribution in [3.63, 3.8) is 0 Å². The van der Waals surface area contributed by atoms with Gasteiger partial charge in [0, 0.05) is 17.7 Å². The molecule has 0 spiro atoms. The zero-order valence-electron chi connectivity index (χ0n) is 18.3. The van der Waals surface area contributed by atoms with Crippen molar-refractivity contribution in [2.45, 2.75) is 6.61 Å². The molecule has 170 valence electrons. The number of amides is 1. The van der Waals surface area contributed by atoms with Crippen molar-refractivity contribution in [3.8, 4) is 11.5 Å². The Labute approximate surface area is 195 Å². The van der Waals surface area contributed by atoms with Gasteiger partial charge < -0.3 is 9.47 Å². The number of rotatable bonds is 8. The van der Waals surface area contributed by atoms with Crippen molar-refractivity contribution in [1.82, 2.24) is 5.43 Å². The van der Waals surface area contributed by atoms with Gasteiger partial charge in [0.25, 0.3) is 11.6 Å². The Balaban J connectivity index is 1.41. The van der Waals surface area contributed by atoms with Gasteiger partial charge in [-0.05, 0) is 52.2 Å². The Hall–Kier alpha value is -4.72. The minimum absolute atomic E-state index is 0.0880. The quantitative estimate of drug-likeness (QED) is 0.226. The number of hydrogen-bond donors (Lipinski definition) is 1. The van der Waals surface area contributed by atoms with Crippen LogP contribution in [0.1, 0.15) is 21.5 Å². The Bertz CT molecular complexity index is 1360. The third kappa shape index (κ3) is 5.18. The molecular formula is C26H21N3O5. The van der Waals surface area contributed by atoms with Crippen LogP contribution in [0, 0.1) is 10.1 Å². The van der Waals surface area contributed by atoms with Crippen LogP contribution in [0.15, 0.2) is 90.0 Å². The van der Waals surface area contributed by atoms with E-state index in [1.54, 1.807) is 25.3 Å². The highest BCUT2D eigenvalue weighted by Crippen LogP contribution is 2.29. The first-order valence-corrected chi connectivity index (χ1v) is 10.4. The number of nitrogens with one attached hydrogen (secondary N) is 1. The molecule has 4 aromatic carbocycles. The number of nitro groups is 1. The number of benzene rings is 4. The van der Waals surface area contributed by atoms with Crippen LogP contribution >= 0.6 is 0 Å². The summed E-state index contributed by atoms with van der Waals surface area (Å²) in [5.41, 5.74) is 4.34. The van der Waals surface area contributed by atoms with Gasteiger partial charge in [-0.2, -0.15) is 5.10 Å². The highest BCUT2D eigenvalue weighted by Gasteiger charge is 2.10. The minimum Gasteiger partial charge on any atom is -0.493 e. The van der Waals surface area contributed by atoms with Gasteiger partial charge in [0.05, 0.1) is 18.2 Å². The molecular weight excluding hydrogens is 434 g/mol. The molecule has 0 saturated heterocycles. The molecule has 0 aromatic heterocycles. The van der Waals surface area contributed by atoms with Crippen LogP contribution in [-0.4, -0.2) is 24.2 Å². The number of fused-ring (bicyclic) bond motifs is 1. The van der Waals surface area contributed by atoms with Crippen LogP contribution in [-0.2, 0) is 6.61 Å². The summed E-state index contributed by atoms with van der Waals surface area (Å²) in [6.45, 7) is 0.385. The molecule has 0 unspecified atom stereocenters. The van der Waals surface area contributed by atoms with Gasteiger partial charge in [0.2, 0.25) is 0 Å². The molecule has 0 bridgehead atoms. The number of ether oxygens (including phenoxy) is 2. The number of methoxy groups -OCH3 is 1. The second-order valence-electron chi connectivity index (χ2n) is 7.34. The summed E-state index contributed by atoms with van der Waals surface area (Å²) in [5, 5.41) is 17.0. The van der Waals surface area contributed by atoms with Crippen LogP contribution in [0.3, 0.4) is 0 Å². The van der Waals surface area contributed by atoms with E-state index in [-0.39, 0.29) is 11.3 Å². The summed E-state index contributed by atoms with van der Waals surface area (Å²) >= 11 is 0. The largest absolute Gasteiger partial charge is 0.493 e. The van der Waals surface area contributed by atoms with E-state index in [2.05, 4.69) is 28.7 Å². The number of nitrogens with zero attached hydrogens (tertiary/aromatic N) is 2. The first-order chi connectivity index (χ1) is 16.5. The summed E-state index contributed by atoms with van der Waals surface area (Å²) in [6, 6.07) is 24.8. The average Bonchev–Trinajstić information content (AvgIpc) is 2.87. The molecule has 8 nitrogen and oxygen atoms in total. The minimum atomic E-state index is -0.525. The predicted octanol–water partition coefficient (Wildman–Crippen LogP) is 5.10. The van der Waals surface area contributed by atoms with Gasteiger partial charge in [0.1, 0.15) is 6.61 Å². The molecule has 0 fully saturated rings. The van der Waals surface area contributed by atoms with E-state index >= 15 is 0 Å². The molecule has 4 rings (SSSR count). The van der Waals surface area contributed by atoms with E-state index in [0.717, 1.165) is 16.3 Å². The molecule has 34 heavy (non-hydrogen) atoms. The van der Waals surface area contributed by atoms with Gasteiger partial charge >= 0.3 is 0 Å². The summed E-state index contributed by atoms with van der Waals surface area (Å²) < 4.78 is 11.5. The molecule has 0 atom stereocenters. The fourth-order valence-electron chi connectivity index (χ4n) is 3.42. The summed E-state index contributed by atoms with van der Waals surface area (Å²) in [5.74, 6) is 0.640. The number of hydrogen-bond acceptors (Lipinski definition) is 6. The zero-order chi connectivity index (χ0) is 23.9. The Kier molecular flexibility index (Phi) is 6.78. The smallest absolute Gasteiger partial charge is 0.271 e. The van der Waals surface area contributed by atoms with Gasteiger partial charge in [-0.15, -0.1) is 0 Å². The van der Waals surface area contributed by atoms with E-state index in [4.69, 9.17) is 9.47 Å². The van der Waals surface area contributed by atoms with E-state index < -0.39 is 10.8 Å². The lowest BCUT2D eigenvalue weighted by Crippen LogP contribution is -2.17. The maximum atomic E-state index is 12.2. The third-order valence-corrected chi connectivity index (χ3v) is 5.17. The zero-order valence-corrected chi connectivity index (χ0v) is 18.3. The topological polar surface area (TPSA) is 103 Å². The van der Waals surface area contributed by atoms with Crippen molar-refractivity contribution in [2.75, 3.05) is 7.11 Å². The second-order valence-corrected chi connectivity index (χ2v) is 7.34. The molecule has 1 N–H and O–H groups in total. The number of carbonyl (C=O) groups excluding carboxylic acids is 1. The second kappa shape index (κ2) is 10.3. The average molecular weight is 455 g/mol. The van der Waals surface area contributed by atoms with E-state index in [0.29, 0.717) is 23.7 Å². The third-order valence-electron chi connectivity index (χ3n) is 5.17. The van der Waals surface area contributed by atoms with Gasteiger partial charge in [-0.25, -0.2) is 5.43 Å². The summed E-state index contributed by atoms with van der Waals surface area (Å²) in [6.07, 6.45) is 1.47. The van der Waals surface area contributed by atoms with Crippen LogP contribution in [0.5, 0.6) is 11.5 Å². The monoisotopic (exact) mass is 455 g/mol. The number of non-ortho nitro benzene ring substituents is 1. The van der Waals surface area contributed by atoms with E-state index in [9.17, 15) is 14.9 Å². The van der Waals surface area contributed by atoms with E-state index in [1.165, 1.54) is 30.5 Å². The molecule has 8 heteroatoms. The van der Waals surface area contributed by atoms with Crippen molar-refractivity contribution in [3.05, 3.63) is 112 Å². The predicted molar refractivity (Wildman–Crippen MR) is 129 cm³/mol. The fraction of sp³-hybridized carbons (Fsp3) is 0.0769. The van der Waals surface area contributed by atoms with Gasteiger partial charge in [-0.3, -0.25) is 14.9 Å². The van der Waals surface area contributed by atoms with Crippen molar-refractivity contribution in [1.29, 1.82) is 0 Å². The molecule has 1 amide bonds. The Morgan fingerprint density at radius 3 is 2.53 bits per heavy atom. The summed E-state index contributed by atoms with van der Waals surface area (Å²) in [7, 11) is 1.55. The fourth-order valence-corrected chi connectivity index (χ4v) is 3.42. The molecule has 0 aliphatic rings. The van der Waals surface area contributed by atoms with Crippen LogP contribution in [0.4, 0.5) is 5.69 Å². The normalized spacial score (nSPS) is 10.9. The highest BCUT2D eigenvalue weighted by atomic mass is 16.6. The SMILES string of the molecule is COc1cc(/C=N/NC(=O)c2ccc([N+](=O)[O-])cc2)ccc1OCc1cccc2ccccc12. The van der Waals surface area contributed by atoms with E-state index in [1.807, 2.05) is 24.3 Å². The number of carbonyl (C=O) groups is 1. The van der Waals surface area contributed by atoms with Crippen molar-refractivity contribution < 1.29 is 19.2 Å². The van der Waals surface area contributed by atoms with Crippen LogP contribution in [0.2, 0.25) is 0 Å². The molecule has 0 aliphatic heterocycles. The molecule has 0 saturated carbocycles. The van der Waals surface area contributed by atoms with Gasteiger partial charge in [-0.1, -0.05) is 42.5 Å². The van der Waals surface area contributed by atoms with Crippen molar-refractivity contribution in [2.24, 2.45) is 5.10 Å². The molecule has 4 aromatic rings. The molecule has 0 heterocycles. The number of nitro benzene ring substituents is 1. The number of hydrazone groups is 1. The van der Waals surface area contributed by atoms with Crippen molar-refractivity contribution >= 4 is 28.6 Å². The Morgan fingerprint density at radius 1 is 1.00 bits per heavy atom. The standard InChI is InChI=1S/C26H21N3O5/c1-33-25-15-18(16-27-28-26(30)20-10-12-22(13-11-20)29(31)32)9-14-24(25)34-17-21-7-4-6-19-5-2-3-8-23(19)21/h2-16H,17H2,1H3,(H,28,30)/b27-16+. The van der Waals surface area contributed by atoms with Crippen LogP contribution < -0.4 is 14.9 Å². The Morgan fingerprint density at radius 2 is 1.76 bits per heavy atom. The first kappa shape index (κ1) is 22.5. The molecule has 0 radical (unpaired) electrons. The lowest BCUT2D eigenvalue weighted by atomic mass is 10.1. The lowest BCUT2D eigenvalue weighted by molar-refractivity contribution is -0.384. The maximum absolute atomic E-state index is 12.2. The highest BCUT2D eigenvalue weighted by molar-refractivity contribution is 5.95. The molecule has 0 aliphatic carbocycles. The van der Waals surface area contributed by atoms with Gasteiger partial charge in [0.15, 0.2) is 11.5 Å². The first-order valence-electron chi connectivity index (χ1n) is 10.4. The maximum Gasteiger partial charge on any atom is 0.271 e.